The summed E-state index contributed by atoms with van der Waals surface area (Å²) in [6, 6.07) is 11.9. The maximum Gasteiger partial charge on any atom is 0.224 e. The molecule has 1 amide bonds. The summed E-state index contributed by atoms with van der Waals surface area (Å²) < 4.78 is 13.5. The van der Waals surface area contributed by atoms with Crippen molar-refractivity contribution < 1.29 is 14.3 Å². The summed E-state index contributed by atoms with van der Waals surface area (Å²) in [6.07, 6.45) is 3.19. The van der Waals surface area contributed by atoms with E-state index in [9.17, 15) is 4.79 Å². The quantitative estimate of drug-likeness (QED) is 0.618. The Hall–Kier alpha value is -2.47. The number of ether oxygens (including phenoxy) is 2. The van der Waals surface area contributed by atoms with Crippen molar-refractivity contribution in [2.24, 2.45) is 7.05 Å². The van der Waals surface area contributed by atoms with Crippen LogP contribution in [0.5, 0.6) is 11.5 Å². The highest BCUT2D eigenvalue weighted by atomic mass is 79.9. The van der Waals surface area contributed by atoms with Crippen LogP contribution in [0.4, 0.5) is 0 Å². The van der Waals surface area contributed by atoms with Gasteiger partial charge in [0.25, 0.3) is 0 Å². The van der Waals surface area contributed by atoms with E-state index in [-0.39, 0.29) is 12.3 Å². The molecule has 0 aliphatic rings. The van der Waals surface area contributed by atoms with Crippen molar-refractivity contribution in [1.29, 1.82) is 0 Å². The van der Waals surface area contributed by atoms with Crippen molar-refractivity contribution >= 4 is 32.7 Å². The first kappa shape index (κ1) is 19.3. The average molecular weight is 431 g/mol. The Bertz CT molecular complexity index is 965. The zero-order valence-electron chi connectivity index (χ0n) is 15.7. The number of para-hydroxylation sites is 1. The van der Waals surface area contributed by atoms with Gasteiger partial charge in [0.15, 0.2) is 11.5 Å². The van der Waals surface area contributed by atoms with E-state index in [4.69, 9.17) is 9.47 Å². The molecule has 6 heteroatoms. The molecule has 0 spiro atoms. The molecule has 5 nitrogen and oxygen atoms in total. The van der Waals surface area contributed by atoms with Crippen molar-refractivity contribution in [1.82, 2.24) is 9.88 Å². The highest BCUT2D eigenvalue weighted by Crippen LogP contribution is 2.33. The number of benzene rings is 2. The number of rotatable bonds is 7. The lowest BCUT2D eigenvalue weighted by Gasteiger charge is -2.12. The number of aromatic nitrogens is 1. The monoisotopic (exact) mass is 430 g/mol. The zero-order valence-corrected chi connectivity index (χ0v) is 17.3. The van der Waals surface area contributed by atoms with E-state index in [0.29, 0.717) is 18.0 Å². The second-order valence-corrected chi connectivity index (χ2v) is 7.21. The van der Waals surface area contributed by atoms with Crippen LogP contribution in [0.2, 0.25) is 0 Å². The molecular formula is C21H23BrN2O3. The fourth-order valence-corrected chi connectivity index (χ4v) is 3.69. The lowest BCUT2D eigenvalue weighted by Crippen LogP contribution is -2.27. The van der Waals surface area contributed by atoms with Gasteiger partial charge in [-0.25, -0.2) is 0 Å². The predicted octanol–water partition coefficient (Wildman–Crippen LogP) is 3.86. The highest BCUT2D eigenvalue weighted by Gasteiger charge is 2.13. The number of nitrogens with one attached hydrogen (secondary N) is 1. The third-order valence-electron chi connectivity index (χ3n) is 4.60. The summed E-state index contributed by atoms with van der Waals surface area (Å²) in [5, 5.41) is 4.24. The molecule has 0 unspecified atom stereocenters. The summed E-state index contributed by atoms with van der Waals surface area (Å²) in [4.78, 5) is 12.4. The van der Waals surface area contributed by atoms with E-state index in [0.717, 1.165) is 16.5 Å². The fourth-order valence-electron chi connectivity index (χ4n) is 3.23. The molecular weight excluding hydrogens is 408 g/mol. The van der Waals surface area contributed by atoms with Crippen molar-refractivity contribution in [2.75, 3.05) is 20.8 Å². The van der Waals surface area contributed by atoms with Gasteiger partial charge in [-0.15, -0.1) is 0 Å². The lowest BCUT2D eigenvalue weighted by atomic mass is 10.1. The Balaban J connectivity index is 1.62. The van der Waals surface area contributed by atoms with Crippen molar-refractivity contribution in [2.45, 2.75) is 12.8 Å². The zero-order chi connectivity index (χ0) is 19.4. The molecule has 27 heavy (non-hydrogen) atoms. The number of aryl methyl sites for hydroxylation is 1. The maximum atomic E-state index is 12.4. The molecule has 2 aromatic carbocycles. The van der Waals surface area contributed by atoms with E-state index in [2.05, 4.69) is 44.1 Å². The van der Waals surface area contributed by atoms with E-state index in [1.807, 2.05) is 31.3 Å². The van der Waals surface area contributed by atoms with E-state index < -0.39 is 0 Å². The molecule has 142 valence electrons. The molecule has 3 aromatic rings. The normalized spacial score (nSPS) is 10.8. The maximum absolute atomic E-state index is 12.4. The minimum absolute atomic E-state index is 0.0249. The summed E-state index contributed by atoms with van der Waals surface area (Å²) in [6.45, 7) is 0.595. The van der Waals surface area contributed by atoms with Crippen LogP contribution in [0.25, 0.3) is 10.9 Å². The number of hydrogen-bond donors (Lipinski definition) is 1. The SMILES string of the molecule is COc1cc(Br)c(CC(=O)NCCc2cn(C)c3ccccc23)cc1OC. The van der Waals surface area contributed by atoms with Gasteiger partial charge in [0.1, 0.15) is 0 Å². The number of fused-ring (bicyclic) bond motifs is 1. The largest absolute Gasteiger partial charge is 0.493 e. The third-order valence-corrected chi connectivity index (χ3v) is 5.34. The number of carbonyl (C=O) groups excluding carboxylic acids is 1. The molecule has 0 bridgehead atoms. The van der Waals surface area contributed by atoms with Gasteiger partial charge in [-0.05, 0) is 35.7 Å². The van der Waals surface area contributed by atoms with Gasteiger partial charge in [0.05, 0.1) is 20.6 Å². The standard InChI is InChI=1S/C21H23BrN2O3/c1-24-13-14(16-6-4-5-7-18(16)24)8-9-23-21(25)11-15-10-19(26-2)20(27-3)12-17(15)22/h4-7,10,12-13H,8-9,11H2,1-3H3,(H,23,25). The van der Waals surface area contributed by atoms with Gasteiger partial charge in [-0.1, -0.05) is 34.1 Å². The minimum Gasteiger partial charge on any atom is -0.493 e. The van der Waals surface area contributed by atoms with Crippen LogP contribution in [0.3, 0.4) is 0 Å². The summed E-state index contributed by atoms with van der Waals surface area (Å²) in [5.74, 6) is 1.21. The van der Waals surface area contributed by atoms with E-state index in [1.165, 1.54) is 16.5 Å². The van der Waals surface area contributed by atoms with Gasteiger partial charge in [-0.2, -0.15) is 0 Å². The van der Waals surface area contributed by atoms with Crippen LogP contribution in [0, 0.1) is 0 Å². The van der Waals surface area contributed by atoms with Gasteiger partial charge in [0.2, 0.25) is 5.91 Å². The Morgan fingerprint density at radius 3 is 2.56 bits per heavy atom. The molecule has 0 aliphatic carbocycles. The van der Waals surface area contributed by atoms with Crippen LogP contribution in [0.15, 0.2) is 47.1 Å². The molecule has 1 N–H and O–H groups in total. The summed E-state index contributed by atoms with van der Waals surface area (Å²) >= 11 is 3.50. The van der Waals surface area contributed by atoms with Crippen molar-refractivity contribution in [3.63, 3.8) is 0 Å². The van der Waals surface area contributed by atoms with Crippen molar-refractivity contribution in [3.05, 3.63) is 58.2 Å². The summed E-state index contributed by atoms with van der Waals surface area (Å²) in [5.41, 5.74) is 3.30. The molecule has 0 fully saturated rings. The first-order valence-electron chi connectivity index (χ1n) is 8.73. The second-order valence-electron chi connectivity index (χ2n) is 6.36. The molecule has 0 saturated heterocycles. The second kappa shape index (κ2) is 8.48. The number of halogens is 1. The number of nitrogens with zero attached hydrogens (tertiary/aromatic N) is 1. The van der Waals surface area contributed by atoms with Gasteiger partial charge in [-0.3, -0.25) is 4.79 Å². The van der Waals surface area contributed by atoms with Crippen LogP contribution in [0.1, 0.15) is 11.1 Å². The van der Waals surface area contributed by atoms with Gasteiger partial charge < -0.3 is 19.4 Å². The molecule has 0 atom stereocenters. The van der Waals surface area contributed by atoms with Crippen LogP contribution >= 0.6 is 15.9 Å². The van der Waals surface area contributed by atoms with E-state index >= 15 is 0 Å². The Labute approximate surface area is 167 Å². The first-order chi connectivity index (χ1) is 13.0. The number of amides is 1. The predicted molar refractivity (Wildman–Crippen MR) is 111 cm³/mol. The molecule has 1 aromatic heterocycles. The first-order valence-corrected chi connectivity index (χ1v) is 9.52. The molecule has 1 heterocycles. The number of carbonyl (C=O) groups is 1. The average Bonchev–Trinajstić information content (AvgIpc) is 2.99. The van der Waals surface area contributed by atoms with Gasteiger partial charge >= 0.3 is 0 Å². The third kappa shape index (κ3) is 4.27. The van der Waals surface area contributed by atoms with Crippen LogP contribution < -0.4 is 14.8 Å². The highest BCUT2D eigenvalue weighted by molar-refractivity contribution is 9.10. The smallest absolute Gasteiger partial charge is 0.224 e. The minimum atomic E-state index is -0.0249. The van der Waals surface area contributed by atoms with Gasteiger partial charge in [0, 0.05) is 35.2 Å². The molecule has 0 aliphatic heterocycles. The van der Waals surface area contributed by atoms with E-state index in [1.54, 1.807) is 14.2 Å². The molecule has 0 radical (unpaired) electrons. The lowest BCUT2D eigenvalue weighted by molar-refractivity contribution is -0.120. The van der Waals surface area contributed by atoms with Crippen molar-refractivity contribution in [3.8, 4) is 11.5 Å². The Morgan fingerprint density at radius 1 is 1.11 bits per heavy atom. The van der Waals surface area contributed by atoms with Crippen LogP contribution in [-0.4, -0.2) is 31.2 Å². The Morgan fingerprint density at radius 2 is 1.81 bits per heavy atom. The number of methoxy groups -OCH3 is 2. The topological polar surface area (TPSA) is 52.5 Å². The fraction of sp³-hybridized carbons (Fsp3) is 0.286. The summed E-state index contributed by atoms with van der Waals surface area (Å²) in [7, 11) is 5.21. The Kier molecular flexibility index (Phi) is 6.06. The molecule has 3 rings (SSSR count). The molecule has 0 saturated carbocycles. The van der Waals surface area contributed by atoms with Crippen LogP contribution in [-0.2, 0) is 24.7 Å². The number of hydrogen-bond acceptors (Lipinski definition) is 3.